The lowest BCUT2D eigenvalue weighted by Crippen LogP contribution is -2.29. The maximum Gasteiger partial charge on any atom is 0.0240 e. The summed E-state index contributed by atoms with van der Waals surface area (Å²) < 4.78 is 21.7. The molecule has 0 N–H and O–H groups in total. The van der Waals surface area contributed by atoms with Crippen LogP contribution in [-0.2, 0) is 24.2 Å². The van der Waals surface area contributed by atoms with E-state index in [-0.39, 0.29) is 0 Å². The summed E-state index contributed by atoms with van der Waals surface area (Å²) in [5, 5.41) is 0. The Hall–Kier alpha value is -0.710. The Morgan fingerprint density at radius 2 is 1.80 bits per heavy atom. The van der Waals surface area contributed by atoms with Crippen LogP contribution in [0.4, 0.5) is 0 Å². The number of hydrogen-bond donors (Lipinski definition) is 0. The van der Waals surface area contributed by atoms with E-state index in [1.54, 1.807) is 0 Å². The third-order valence-corrected chi connectivity index (χ3v) is 5.43. The highest BCUT2D eigenvalue weighted by atomic mass is 32.2. The molecule has 1 aliphatic carbocycles. The molecule has 0 aromatic heterocycles. The second-order valence-electron chi connectivity index (χ2n) is 6.31. The first-order valence-electron chi connectivity index (χ1n) is 7.55. The highest BCUT2D eigenvalue weighted by Crippen LogP contribution is 2.32. The fourth-order valence-corrected chi connectivity index (χ4v) is 4.50. The lowest BCUT2D eigenvalue weighted by molar-refractivity contribution is 0.181. The molecule has 0 saturated heterocycles. The van der Waals surface area contributed by atoms with Gasteiger partial charge in [0.25, 0.3) is 0 Å². The predicted molar refractivity (Wildman–Crippen MR) is 79.8 cm³/mol. The van der Waals surface area contributed by atoms with E-state index in [0.717, 1.165) is 32.5 Å². The number of benzene rings is 1. The Labute approximate surface area is 123 Å². The zero-order valence-corrected chi connectivity index (χ0v) is 12.6. The minimum atomic E-state index is -1.88. The molecular weight excluding hydrogens is 270 g/mol. The van der Waals surface area contributed by atoms with Gasteiger partial charge < -0.3 is 4.55 Å². The summed E-state index contributed by atoms with van der Waals surface area (Å²) in [6.45, 7) is 3.24. The van der Waals surface area contributed by atoms with Gasteiger partial charge in [-0.1, -0.05) is 41.8 Å². The average Bonchev–Trinajstić information content (AvgIpc) is 2.80. The maximum absolute atomic E-state index is 10.9. The Morgan fingerprint density at radius 1 is 1.15 bits per heavy atom. The van der Waals surface area contributed by atoms with E-state index >= 15 is 0 Å². The monoisotopic (exact) mass is 292 g/mol. The standard InChI is InChI=1S/C16H23NO2S/c18-20(19)12-14-5-3-4-13(8-14)9-17-10-15-6-1-2-7-16(15)11-17/h1-2,6-7,13-14H,3-5,8-12H2,(H,18,19)/p-1. The van der Waals surface area contributed by atoms with Gasteiger partial charge in [-0.3, -0.25) is 9.11 Å². The Balaban J connectivity index is 1.53. The minimum Gasteiger partial charge on any atom is -0.772 e. The third-order valence-electron chi connectivity index (χ3n) is 4.69. The number of hydrogen-bond acceptors (Lipinski definition) is 3. The van der Waals surface area contributed by atoms with Gasteiger partial charge in [0.05, 0.1) is 0 Å². The molecule has 4 heteroatoms. The van der Waals surface area contributed by atoms with Crippen LogP contribution in [0.2, 0.25) is 0 Å². The van der Waals surface area contributed by atoms with Gasteiger partial charge >= 0.3 is 0 Å². The molecule has 2 aliphatic rings. The molecular formula is C16H22NO2S-. The molecule has 0 radical (unpaired) electrons. The van der Waals surface area contributed by atoms with Crippen LogP contribution in [0.15, 0.2) is 24.3 Å². The van der Waals surface area contributed by atoms with Gasteiger partial charge in [-0.05, 0) is 42.2 Å². The zero-order chi connectivity index (χ0) is 13.9. The fraction of sp³-hybridized carbons (Fsp3) is 0.625. The molecule has 1 fully saturated rings. The third kappa shape index (κ3) is 3.48. The molecule has 3 atom stereocenters. The minimum absolute atomic E-state index is 0.358. The first-order chi connectivity index (χ1) is 9.70. The summed E-state index contributed by atoms with van der Waals surface area (Å²) >= 11 is -1.88. The van der Waals surface area contributed by atoms with Gasteiger partial charge in [-0.15, -0.1) is 0 Å². The van der Waals surface area contributed by atoms with E-state index in [1.165, 1.54) is 24.0 Å². The van der Waals surface area contributed by atoms with E-state index in [9.17, 15) is 8.76 Å². The summed E-state index contributed by atoms with van der Waals surface area (Å²) in [5.74, 6) is 1.42. The van der Waals surface area contributed by atoms with Crippen molar-refractivity contribution in [2.45, 2.75) is 38.8 Å². The van der Waals surface area contributed by atoms with E-state index in [0.29, 0.717) is 17.6 Å². The van der Waals surface area contributed by atoms with Crippen LogP contribution in [0.1, 0.15) is 36.8 Å². The van der Waals surface area contributed by atoms with Crippen LogP contribution in [0.5, 0.6) is 0 Å². The summed E-state index contributed by atoms with van der Waals surface area (Å²) in [6.07, 6.45) is 4.62. The zero-order valence-electron chi connectivity index (χ0n) is 11.8. The Bertz CT molecular complexity index is 466. The van der Waals surface area contributed by atoms with Crippen molar-refractivity contribution in [3.8, 4) is 0 Å². The Kier molecular flexibility index (Phi) is 4.54. The van der Waals surface area contributed by atoms with Crippen LogP contribution in [0.3, 0.4) is 0 Å². The molecule has 0 amide bonds. The summed E-state index contributed by atoms with van der Waals surface area (Å²) in [7, 11) is 0. The Morgan fingerprint density at radius 3 is 2.45 bits per heavy atom. The molecule has 3 nitrogen and oxygen atoms in total. The first-order valence-corrected chi connectivity index (χ1v) is 8.80. The van der Waals surface area contributed by atoms with Crippen LogP contribution in [0, 0.1) is 11.8 Å². The first kappa shape index (κ1) is 14.2. The van der Waals surface area contributed by atoms with Gasteiger partial charge in [0.15, 0.2) is 0 Å². The fourth-order valence-electron chi connectivity index (χ4n) is 3.81. The smallest absolute Gasteiger partial charge is 0.0240 e. The summed E-state index contributed by atoms with van der Waals surface area (Å²) in [6, 6.07) is 8.67. The molecule has 1 heterocycles. The summed E-state index contributed by atoms with van der Waals surface area (Å²) in [5.41, 5.74) is 2.92. The van der Waals surface area contributed by atoms with Gasteiger partial charge in [-0.2, -0.15) is 0 Å². The highest BCUT2D eigenvalue weighted by Gasteiger charge is 2.26. The van der Waals surface area contributed by atoms with Gasteiger partial charge in [0.1, 0.15) is 0 Å². The van der Waals surface area contributed by atoms with Crippen molar-refractivity contribution in [1.82, 2.24) is 4.90 Å². The summed E-state index contributed by atoms with van der Waals surface area (Å²) in [4.78, 5) is 2.52. The van der Waals surface area contributed by atoms with Crippen molar-refractivity contribution >= 4 is 11.1 Å². The second-order valence-corrected chi connectivity index (χ2v) is 7.25. The maximum atomic E-state index is 10.9. The molecule has 1 aliphatic heterocycles. The average molecular weight is 292 g/mol. The van der Waals surface area contributed by atoms with E-state index in [4.69, 9.17) is 0 Å². The van der Waals surface area contributed by atoms with E-state index < -0.39 is 11.1 Å². The number of nitrogens with zero attached hydrogens (tertiary/aromatic N) is 1. The van der Waals surface area contributed by atoms with Gasteiger partial charge in [0.2, 0.25) is 0 Å². The molecule has 3 unspecified atom stereocenters. The van der Waals surface area contributed by atoms with Crippen LogP contribution >= 0.6 is 0 Å². The molecule has 0 bridgehead atoms. The van der Waals surface area contributed by atoms with E-state index in [2.05, 4.69) is 29.2 Å². The normalized spacial score (nSPS) is 28.2. The molecule has 1 aromatic carbocycles. The lowest BCUT2D eigenvalue weighted by atomic mass is 9.82. The van der Waals surface area contributed by atoms with Crippen molar-refractivity contribution in [2.75, 3.05) is 12.3 Å². The van der Waals surface area contributed by atoms with Gasteiger partial charge in [-0.25, -0.2) is 0 Å². The highest BCUT2D eigenvalue weighted by molar-refractivity contribution is 7.79. The van der Waals surface area contributed by atoms with Gasteiger partial charge in [0, 0.05) is 25.4 Å². The lowest BCUT2D eigenvalue weighted by Gasteiger charge is -2.32. The predicted octanol–water partition coefficient (Wildman–Crippen LogP) is 2.69. The molecule has 110 valence electrons. The SMILES string of the molecule is O=S([O-])CC1CCCC(CN2Cc3ccccc3C2)C1. The largest absolute Gasteiger partial charge is 0.772 e. The van der Waals surface area contributed by atoms with Crippen LogP contribution in [0.25, 0.3) is 0 Å². The van der Waals surface area contributed by atoms with Crippen molar-refractivity contribution < 1.29 is 8.76 Å². The van der Waals surface area contributed by atoms with Crippen molar-refractivity contribution in [3.05, 3.63) is 35.4 Å². The van der Waals surface area contributed by atoms with Crippen molar-refractivity contribution in [2.24, 2.45) is 11.8 Å². The molecule has 1 aromatic rings. The quantitative estimate of drug-likeness (QED) is 0.801. The van der Waals surface area contributed by atoms with Crippen molar-refractivity contribution in [1.29, 1.82) is 0 Å². The molecule has 1 saturated carbocycles. The van der Waals surface area contributed by atoms with Crippen LogP contribution < -0.4 is 0 Å². The number of fused-ring (bicyclic) bond motifs is 1. The second kappa shape index (κ2) is 6.37. The van der Waals surface area contributed by atoms with Crippen molar-refractivity contribution in [3.63, 3.8) is 0 Å². The molecule has 0 spiro atoms. The van der Waals surface area contributed by atoms with E-state index in [1.807, 2.05) is 0 Å². The number of rotatable bonds is 4. The molecule has 20 heavy (non-hydrogen) atoms. The molecule has 3 rings (SSSR count). The van der Waals surface area contributed by atoms with Crippen LogP contribution in [-0.4, -0.2) is 26.0 Å². The topological polar surface area (TPSA) is 43.4 Å².